The fourth-order valence-corrected chi connectivity index (χ4v) is 1.74. The van der Waals surface area contributed by atoms with Gasteiger partial charge in [0.1, 0.15) is 12.6 Å². The second-order valence-corrected chi connectivity index (χ2v) is 4.06. The number of nitrogens with two attached hydrogens (primary N) is 1. The van der Waals surface area contributed by atoms with E-state index in [-0.39, 0.29) is 0 Å². The van der Waals surface area contributed by atoms with Crippen LogP contribution in [0.5, 0.6) is 11.5 Å². The summed E-state index contributed by atoms with van der Waals surface area (Å²) in [5.41, 5.74) is 1.24. The van der Waals surface area contributed by atoms with E-state index in [1.54, 1.807) is 7.11 Å². The highest BCUT2D eigenvalue weighted by molar-refractivity contribution is 5.44. The van der Waals surface area contributed by atoms with Crippen molar-refractivity contribution in [2.75, 3.05) is 20.5 Å². The summed E-state index contributed by atoms with van der Waals surface area (Å²) in [6.45, 7) is 4.19. The van der Waals surface area contributed by atoms with Crippen molar-refractivity contribution in [2.45, 2.75) is 19.5 Å². The fraction of sp³-hybridized carbons (Fsp3) is 0.500. The molecule has 16 heavy (non-hydrogen) atoms. The molecule has 1 aromatic carbocycles. The van der Waals surface area contributed by atoms with Gasteiger partial charge in [-0.3, -0.25) is 0 Å². The van der Waals surface area contributed by atoms with E-state index in [1.165, 1.54) is 5.56 Å². The lowest BCUT2D eigenvalue weighted by molar-refractivity contribution is -0.702. The number of ether oxygens (including phenoxy) is 3. The molecule has 1 aliphatic heterocycles. The van der Waals surface area contributed by atoms with Gasteiger partial charge in [0.25, 0.3) is 0 Å². The Balaban J connectivity index is 1.90. The van der Waals surface area contributed by atoms with Gasteiger partial charge in [0, 0.05) is 12.7 Å². The van der Waals surface area contributed by atoms with Crippen LogP contribution in [-0.4, -0.2) is 26.6 Å². The number of fused-ring (bicyclic) bond motifs is 1. The first kappa shape index (κ1) is 11.2. The van der Waals surface area contributed by atoms with E-state index in [9.17, 15) is 0 Å². The summed E-state index contributed by atoms with van der Waals surface area (Å²) in [5.74, 6) is 1.69. The lowest BCUT2D eigenvalue weighted by Crippen LogP contribution is -2.88. The minimum absolute atomic E-state index is 0.336. The average molecular weight is 224 g/mol. The molecular formula is C12H18NO3+. The molecule has 0 bridgehead atoms. The summed E-state index contributed by atoms with van der Waals surface area (Å²) in [5, 5.41) is 2.25. The van der Waals surface area contributed by atoms with E-state index >= 15 is 0 Å². The second kappa shape index (κ2) is 5.18. The van der Waals surface area contributed by atoms with Crippen LogP contribution in [-0.2, 0) is 11.3 Å². The van der Waals surface area contributed by atoms with Crippen LogP contribution in [0.4, 0.5) is 0 Å². The highest BCUT2D eigenvalue weighted by Crippen LogP contribution is 2.32. The molecule has 0 saturated heterocycles. The molecule has 88 valence electrons. The number of methoxy groups -OCH3 is 1. The van der Waals surface area contributed by atoms with E-state index in [0.717, 1.165) is 24.7 Å². The van der Waals surface area contributed by atoms with Crippen molar-refractivity contribution in [3.63, 3.8) is 0 Å². The van der Waals surface area contributed by atoms with Crippen LogP contribution in [0.3, 0.4) is 0 Å². The molecule has 0 spiro atoms. The molecule has 0 saturated carbocycles. The minimum atomic E-state index is 0.336. The molecule has 0 aliphatic carbocycles. The zero-order valence-corrected chi connectivity index (χ0v) is 9.73. The van der Waals surface area contributed by atoms with E-state index in [2.05, 4.69) is 18.3 Å². The zero-order chi connectivity index (χ0) is 11.4. The Kier molecular flexibility index (Phi) is 3.64. The lowest BCUT2D eigenvalue weighted by atomic mass is 10.2. The van der Waals surface area contributed by atoms with Crippen molar-refractivity contribution < 1.29 is 19.5 Å². The molecule has 0 radical (unpaired) electrons. The van der Waals surface area contributed by atoms with Gasteiger partial charge in [-0.2, -0.15) is 0 Å². The topological polar surface area (TPSA) is 44.3 Å². The van der Waals surface area contributed by atoms with E-state index < -0.39 is 0 Å². The van der Waals surface area contributed by atoms with Crippen molar-refractivity contribution in [3.05, 3.63) is 23.8 Å². The number of rotatable bonds is 5. The molecule has 1 aliphatic rings. The highest BCUT2D eigenvalue weighted by atomic mass is 16.7. The maximum Gasteiger partial charge on any atom is 0.231 e. The van der Waals surface area contributed by atoms with Gasteiger partial charge < -0.3 is 19.5 Å². The monoisotopic (exact) mass is 224 g/mol. The van der Waals surface area contributed by atoms with Crippen LogP contribution in [0.15, 0.2) is 18.2 Å². The van der Waals surface area contributed by atoms with Crippen LogP contribution >= 0.6 is 0 Å². The average Bonchev–Trinajstić information content (AvgIpc) is 2.74. The lowest BCUT2D eigenvalue weighted by Gasteiger charge is -2.09. The summed E-state index contributed by atoms with van der Waals surface area (Å²) in [4.78, 5) is 0. The summed E-state index contributed by atoms with van der Waals surface area (Å²) in [6.07, 6.45) is 0. The van der Waals surface area contributed by atoms with Crippen molar-refractivity contribution in [1.82, 2.24) is 0 Å². The number of quaternary nitrogens is 1. The Labute approximate surface area is 95.5 Å². The van der Waals surface area contributed by atoms with Crippen LogP contribution < -0.4 is 14.8 Å². The smallest absolute Gasteiger partial charge is 0.231 e. The van der Waals surface area contributed by atoms with Gasteiger partial charge in [0.05, 0.1) is 6.61 Å². The van der Waals surface area contributed by atoms with Crippen molar-refractivity contribution in [3.8, 4) is 11.5 Å². The maximum atomic E-state index is 5.33. The third kappa shape index (κ3) is 2.65. The summed E-state index contributed by atoms with van der Waals surface area (Å²) >= 11 is 0. The number of hydrogen-bond acceptors (Lipinski definition) is 3. The summed E-state index contributed by atoms with van der Waals surface area (Å²) in [7, 11) is 1.73. The third-order valence-electron chi connectivity index (χ3n) is 2.62. The van der Waals surface area contributed by atoms with Crippen molar-refractivity contribution >= 4 is 0 Å². The van der Waals surface area contributed by atoms with Crippen LogP contribution in [0.2, 0.25) is 0 Å². The number of hydrogen-bond donors (Lipinski definition) is 1. The molecule has 0 aromatic heterocycles. The van der Waals surface area contributed by atoms with Gasteiger partial charge in [-0.05, 0) is 25.1 Å². The van der Waals surface area contributed by atoms with E-state index in [4.69, 9.17) is 14.2 Å². The maximum absolute atomic E-state index is 5.33. The third-order valence-corrected chi connectivity index (χ3v) is 2.62. The predicted molar refractivity (Wildman–Crippen MR) is 59.5 cm³/mol. The minimum Gasteiger partial charge on any atom is -0.454 e. The molecule has 4 nitrogen and oxygen atoms in total. The predicted octanol–water partition coefficient (Wildman–Crippen LogP) is 0.514. The first-order chi connectivity index (χ1) is 7.79. The number of benzene rings is 1. The molecular weight excluding hydrogens is 206 g/mol. The summed E-state index contributed by atoms with van der Waals surface area (Å²) < 4.78 is 15.7. The molecule has 0 amide bonds. The molecule has 1 aromatic rings. The fourth-order valence-electron chi connectivity index (χ4n) is 1.74. The Morgan fingerprint density at radius 1 is 1.38 bits per heavy atom. The Hall–Kier alpha value is -1.26. The molecule has 1 heterocycles. The van der Waals surface area contributed by atoms with Crippen LogP contribution in [0.1, 0.15) is 12.5 Å². The Morgan fingerprint density at radius 3 is 3.00 bits per heavy atom. The normalized spacial score (nSPS) is 15.1. The van der Waals surface area contributed by atoms with Gasteiger partial charge in [0.2, 0.25) is 6.79 Å². The molecule has 2 N–H and O–H groups in total. The summed E-state index contributed by atoms with van der Waals surface area (Å²) in [6, 6.07) is 6.55. The molecule has 4 heteroatoms. The van der Waals surface area contributed by atoms with E-state index in [1.807, 2.05) is 12.1 Å². The quantitative estimate of drug-likeness (QED) is 0.792. The van der Waals surface area contributed by atoms with Crippen LogP contribution in [0, 0.1) is 0 Å². The Bertz CT molecular complexity index is 354. The first-order valence-electron chi connectivity index (χ1n) is 5.50. The second-order valence-electron chi connectivity index (χ2n) is 4.06. The van der Waals surface area contributed by atoms with Crippen LogP contribution in [0.25, 0.3) is 0 Å². The highest BCUT2D eigenvalue weighted by Gasteiger charge is 2.14. The first-order valence-corrected chi connectivity index (χ1v) is 5.50. The van der Waals surface area contributed by atoms with E-state index in [0.29, 0.717) is 12.8 Å². The molecule has 0 unspecified atom stereocenters. The van der Waals surface area contributed by atoms with Crippen molar-refractivity contribution in [2.24, 2.45) is 0 Å². The SMILES string of the molecule is COC[C@H](C)[NH2+]Cc1ccc2c(c1)OCO2. The van der Waals surface area contributed by atoms with Gasteiger partial charge >= 0.3 is 0 Å². The molecule has 1 atom stereocenters. The van der Waals surface area contributed by atoms with Gasteiger partial charge in [-0.25, -0.2) is 0 Å². The molecule has 2 rings (SSSR count). The largest absolute Gasteiger partial charge is 0.454 e. The standard InChI is InChI=1S/C12H17NO3/c1-9(7-14-2)13-6-10-3-4-11-12(5-10)16-8-15-11/h3-5,9,13H,6-8H2,1-2H3/p+1/t9-/m0/s1. The van der Waals surface area contributed by atoms with Gasteiger partial charge in [0.15, 0.2) is 11.5 Å². The van der Waals surface area contributed by atoms with Gasteiger partial charge in [-0.1, -0.05) is 0 Å². The Morgan fingerprint density at radius 2 is 2.19 bits per heavy atom. The van der Waals surface area contributed by atoms with Crippen molar-refractivity contribution in [1.29, 1.82) is 0 Å². The zero-order valence-electron chi connectivity index (χ0n) is 9.73. The molecule has 0 fully saturated rings. The van der Waals surface area contributed by atoms with Gasteiger partial charge in [-0.15, -0.1) is 0 Å².